The van der Waals surface area contributed by atoms with Crippen molar-refractivity contribution in [3.8, 4) is 0 Å². The van der Waals surface area contributed by atoms with Gasteiger partial charge in [-0.2, -0.15) is 11.8 Å². The summed E-state index contributed by atoms with van der Waals surface area (Å²) in [6.45, 7) is 0.807. The number of hydrogen-bond donors (Lipinski definition) is 2. The Morgan fingerprint density at radius 3 is 2.62 bits per heavy atom. The van der Waals surface area contributed by atoms with Gasteiger partial charge in [-0.05, 0) is 36.1 Å². The highest BCUT2D eigenvalue weighted by Crippen LogP contribution is 2.04. The molecule has 2 nitrogen and oxygen atoms in total. The van der Waals surface area contributed by atoms with Crippen LogP contribution < -0.4 is 5.32 Å². The predicted molar refractivity (Wildman–Crippen MR) is 67.1 cm³/mol. The van der Waals surface area contributed by atoms with Crippen LogP contribution in [0.3, 0.4) is 0 Å². The first-order valence-corrected chi connectivity index (χ1v) is 6.73. The normalized spacial score (nSPS) is 12.7. The van der Waals surface area contributed by atoms with Crippen LogP contribution in [0.5, 0.6) is 0 Å². The molecular formula is C12H18FNOS. The van der Waals surface area contributed by atoms with Crippen LogP contribution in [0.1, 0.15) is 12.0 Å². The molecule has 1 rings (SSSR count). The molecule has 0 bridgehead atoms. The first-order valence-electron chi connectivity index (χ1n) is 5.34. The second-order valence-electron chi connectivity index (χ2n) is 3.67. The smallest absolute Gasteiger partial charge is 0.123 e. The fraction of sp³-hybridized carbons (Fsp3) is 0.500. The van der Waals surface area contributed by atoms with E-state index in [2.05, 4.69) is 11.6 Å². The lowest BCUT2D eigenvalue weighted by Gasteiger charge is -2.15. The summed E-state index contributed by atoms with van der Waals surface area (Å²) in [5.74, 6) is 0.812. The molecule has 1 unspecified atom stereocenters. The SMILES string of the molecule is CSCCC(CO)NCc1ccc(F)cc1. The number of thioether (sulfide) groups is 1. The molecule has 90 valence electrons. The van der Waals surface area contributed by atoms with E-state index in [4.69, 9.17) is 5.11 Å². The van der Waals surface area contributed by atoms with Crippen LogP contribution in [0.4, 0.5) is 4.39 Å². The van der Waals surface area contributed by atoms with E-state index in [1.807, 2.05) is 0 Å². The Labute approximate surface area is 100 Å². The largest absolute Gasteiger partial charge is 0.395 e. The quantitative estimate of drug-likeness (QED) is 0.768. The number of aliphatic hydroxyl groups is 1. The van der Waals surface area contributed by atoms with Crippen molar-refractivity contribution in [3.05, 3.63) is 35.6 Å². The number of halogens is 1. The van der Waals surface area contributed by atoms with Crippen molar-refractivity contribution >= 4 is 11.8 Å². The Balaban J connectivity index is 2.34. The van der Waals surface area contributed by atoms with Gasteiger partial charge in [0.1, 0.15) is 5.82 Å². The lowest BCUT2D eigenvalue weighted by atomic mass is 10.2. The Bertz CT molecular complexity index is 292. The first-order chi connectivity index (χ1) is 7.76. The van der Waals surface area contributed by atoms with Gasteiger partial charge < -0.3 is 10.4 Å². The average Bonchev–Trinajstić information content (AvgIpc) is 2.32. The standard InChI is InChI=1S/C12H18FNOS/c1-16-7-6-12(9-15)14-8-10-2-4-11(13)5-3-10/h2-5,12,14-15H,6-9H2,1H3. The van der Waals surface area contributed by atoms with Gasteiger partial charge in [0, 0.05) is 12.6 Å². The zero-order valence-electron chi connectivity index (χ0n) is 9.45. The summed E-state index contributed by atoms with van der Waals surface area (Å²) in [6, 6.07) is 6.54. The second kappa shape index (κ2) is 7.65. The van der Waals surface area contributed by atoms with E-state index in [1.165, 1.54) is 12.1 Å². The van der Waals surface area contributed by atoms with Crippen LogP contribution in [0.2, 0.25) is 0 Å². The molecule has 0 aromatic heterocycles. The van der Waals surface area contributed by atoms with Crippen LogP contribution in [-0.4, -0.2) is 29.8 Å². The molecule has 0 saturated carbocycles. The molecule has 0 heterocycles. The van der Waals surface area contributed by atoms with Gasteiger partial charge in [0.25, 0.3) is 0 Å². The average molecular weight is 243 g/mol. The molecule has 0 spiro atoms. The Kier molecular flexibility index (Phi) is 6.45. The van der Waals surface area contributed by atoms with Crippen LogP contribution >= 0.6 is 11.8 Å². The molecule has 0 radical (unpaired) electrons. The van der Waals surface area contributed by atoms with Crippen LogP contribution in [-0.2, 0) is 6.54 Å². The molecule has 0 amide bonds. The van der Waals surface area contributed by atoms with Crippen LogP contribution in [0.15, 0.2) is 24.3 Å². The zero-order valence-corrected chi connectivity index (χ0v) is 10.3. The van der Waals surface area contributed by atoms with Gasteiger partial charge >= 0.3 is 0 Å². The van der Waals surface area contributed by atoms with Gasteiger partial charge in [-0.1, -0.05) is 12.1 Å². The van der Waals surface area contributed by atoms with Crippen molar-refractivity contribution in [2.45, 2.75) is 19.0 Å². The van der Waals surface area contributed by atoms with Gasteiger partial charge in [-0.3, -0.25) is 0 Å². The van der Waals surface area contributed by atoms with Crippen LogP contribution in [0, 0.1) is 5.82 Å². The zero-order chi connectivity index (χ0) is 11.8. The highest BCUT2D eigenvalue weighted by atomic mass is 32.2. The molecule has 1 aromatic rings. The minimum atomic E-state index is -0.218. The molecule has 0 aliphatic rings. The summed E-state index contributed by atoms with van der Waals surface area (Å²) in [4.78, 5) is 0. The number of hydrogen-bond acceptors (Lipinski definition) is 3. The van der Waals surface area contributed by atoms with E-state index in [0.29, 0.717) is 6.54 Å². The Morgan fingerprint density at radius 1 is 1.38 bits per heavy atom. The minimum Gasteiger partial charge on any atom is -0.395 e. The molecule has 4 heteroatoms. The first kappa shape index (κ1) is 13.5. The number of rotatable bonds is 7. The Morgan fingerprint density at radius 2 is 2.06 bits per heavy atom. The molecule has 1 atom stereocenters. The van der Waals surface area contributed by atoms with Gasteiger partial charge in [-0.25, -0.2) is 4.39 Å². The highest BCUT2D eigenvalue weighted by molar-refractivity contribution is 7.98. The molecule has 0 aliphatic carbocycles. The van der Waals surface area contributed by atoms with Crippen LogP contribution in [0.25, 0.3) is 0 Å². The monoisotopic (exact) mass is 243 g/mol. The molecule has 16 heavy (non-hydrogen) atoms. The molecule has 0 saturated heterocycles. The van der Waals surface area contributed by atoms with Crippen molar-refractivity contribution in [1.82, 2.24) is 5.32 Å². The fourth-order valence-corrected chi connectivity index (χ4v) is 1.90. The third kappa shape index (κ3) is 4.96. The topological polar surface area (TPSA) is 32.3 Å². The molecule has 1 aromatic carbocycles. The van der Waals surface area contributed by atoms with E-state index in [9.17, 15) is 4.39 Å². The third-order valence-corrected chi connectivity index (χ3v) is 3.04. The Hall–Kier alpha value is -0.580. The summed E-state index contributed by atoms with van der Waals surface area (Å²) in [7, 11) is 0. The van der Waals surface area contributed by atoms with Crippen molar-refractivity contribution in [1.29, 1.82) is 0 Å². The maximum absolute atomic E-state index is 12.7. The fourth-order valence-electron chi connectivity index (χ4n) is 1.38. The van der Waals surface area contributed by atoms with Gasteiger partial charge in [0.2, 0.25) is 0 Å². The second-order valence-corrected chi connectivity index (χ2v) is 4.65. The lowest BCUT2D eigenvalue weighted by Crippen LogP contribution is -2.32. The number of benzene rings is 1. The summed E-state index contributed by atoms with van der Waals surface area (Å²) in [6.07, 6.45) is 2.99. The van der Waals surface area contributed by atoms with E-state index >= 15 is 0 Å². The molecule has 0 aliphatic heterocycles. The summed E-state index contributed by atoms with van der Waals surface area (Å²) in [5, 5.41) is 12.4. The summed E-state index contributed by atoms with van der Waals surface area (Å²) < 4.78 is 12.7. The van der Waals surface area contributed by atoms with E-state index in [1.54, 1.807) is 23.9 Å². The van der Waals surface area contributed by atoms with Crippen molar-refractivity contribution < 1.29 is 9.50 Å². The third-order valence-electron chi connectivity index (χ3n) is 2.40. The van der Waals surface area contributed by atoms with Gasteiger partial charge in [0.05, 0.1) is 6.61 Å². The van der Waals surface area contributed by atoms with E-state index in [0.717, 1.165) is 17.7 Å². The maximum atomic E-state index is 12.7. The number of aliphatic hydroxyl groups excluding tert-OH is 1. The van der Waals surface area contributed by atoms with Gasteiger partial charge in [0.15, 0.2) is 0 Å². The lowest BCUT2D eigenvalue weighted by molar-refractivity contribution is 0.239. The molecule has 2 N–H and O–H groups in total. The molecule has 0 fully saturated rings. The van der Waals surface area contributed by atoms with Crippen molar-refractivity contribution in [2.75, 3.05) is 18.6 Å². The van der Waals surface area contributed by atoms with E-state index < -0.39 is 0 Å². The maximum Gasteiger partial charge on any atom is 0.123 e. The number of nitrogens with one attached hydrogen (secondary N) is 1. The predicted octanol–water partition coefficient (Wildman–Crippen LogP) is 2.03. The minimum absolute atomic E-state index is 0.123. The van der Waals surface area contributed by atoms with Gasteiger partial charge in [-0.15, -0.1) is 0 Å². The summed E-state index contributed by atoms with van der Waals surface area (Å²) >= 11 is 1.77. The summed E-state index contributed by atoms with van der Waals surface area (Å²) in [5.41, 5.74) is 1.03. The highest BCUT2D eigenvalue weighted by Gasteiger charge is 2.05. The molecular weight excluding hydrogens is 225 g/mol. The van der Waals surface area contributed by atoms with Crippen molar-refractivity contribution in [2.24, 2.45) is 0 Å². The van der Waals surface area contributed by atoms with Crippen molar-refractivity contribution in [3.63, 3.8) is 0 Å². The van der Waals surface area contributed by atoms with E-state index in [-0.39, 0.29) is 18.5 Å².